The van der Waals surface area contributed by atoms with E-state index in [1.54, 1.807) is 24.7 Å². The Morgan fingerprint density at radius 3 is 2.67 bits per heavy atom. The van der Waals surface area contributed by atoms with Crippen molar-refractivity contribution in [1.29, 1.82) is 0 Å². The molecule has 0 radical (unpaired) electrons. The number of nitrogens with one attached hydrogen (secondary N) is 1. The van der Waals surface area contributed by atoms with Crippen LogP contribution in [0.2, 0.25) is 0 Å². The smallest absolute Gasteiger partial charge is 0.204 e. The van der Waals surface area contributed by atoms with Crippen LogP contribution in [0.1, 0.15) is 11.1 Å². The molecule has 5 nitrogen and oxygen atoms in total. The van der Waals surface area contributed by atoms with Crippen LogP contribution < -0.4 is 14.9 Å². The highest BCUT2D eigenvalue weighted by Gasteiger charge is 2.12. The summed E-state index contributed by atoms with van der Waals surface area (Å²) in [4.78, 5) is 4.50. The number of thiazole rings is 1. The van der Waals surface area contributed by atoms with Gasteiger partial charge in [-0.3, -0.25) is 5.43 Å². The number of ether oxygens (including phenoxy) is 2. The average Bonchev–Trinajstić information content (AvgIpc) is 3.16. The minimum absolute atomic E-state index is 0.439. The van der Waals surface area contributed by atoms with E-state index in [9.17, 15) is 0 Å². The zero-order valence-electron chi connectivity index (χ0n) is 15.9. The van der Waals surface area contributed by atoms with E-state index in [0.29, 0.717) is 18.1 Å². The number of aromatic nitrogens is 1. The van der Waals surface area contributed by atoms with Crippen LogP contribution in [0, 0.1) is 0 Å². The minimum atomic E-state index is 0.439. The molecule has 0 aliphatic carbocycles. The van der Waals surface area contributed by atoms with Crippen LogP contribution in [0.4, 0.5) is 5.13 Å². The third kappa shape index (κ3) is 5.00. The molecule has 4 aromatic rings. The molecule has 0 saturated heterocycles. The Kier molecular flexibility index (Phi) is 6.66. The predicted molar refractivity (Wildman–Crippen MR) is 130 cm³/mol. The maximum absolute atomic E-state index is 5.99. The van der Waals surface area contributed by atoms with Gasteiger partial charge in [0.05, 0.1) is 28.0 Å². The van der Waals surface area contributed by atoms with Crippen molar-refractivity contribution < 1.29 is 9.47 Å². The summed E-state index contributed by atoms with van der Waals surface area (Å²) in [6, 6.07) is 19.8. The van der Waals surface area contributed by atoms with Gasteiger partial charge in [0.25, 0.3) is 0 Å². The lowest BCUT2D eigenvalue weighted by Crippen LogP contribution is -2.00. The standard InChI is InChI=1S/C22H17Br2N3O2S/c1-28-19-11-15(12-25-27-22-26-18-4-2-3-5-20(18)30-22)10-17(24)21(19)29-13-14-6-8-16(23)9-7-14/h2-12H,13H2,1H3,(H,26,27)/b25-12+. The second-order valence-corrected chi connectivity index (χ2v) is 9.11. The van der Waals surface area contributed by atoms with Crippen molar-refractivity contribution in [1.82, 2.24) is 4.98 Å². The summed E-state index contributed by atoms with van der Waals surface area (Å²) in [6.45, 7) is 0.439. The van der Waals surface area contributed by atoms with E-state index in [-0.39, 0.29) is 0 Å². The Morgan fingerprint density at radius 2 is 1.90 bits per heavy atom. The highest BCUT2D eigenvalue weighted by molar-refractivity contribution is 9.10. The number of rotatable bonds is 7. The van der Waals surface area contributed by atoms with Crippen molar-refractivity contribution in [3.63, 3.8) is 0 Å². The molecule has 1 N–H and O–H groups in total. The van der Waals surface area contributed by atoms with E-state index in [0.717, 1.165) is 35.4 Å². The largest absolute Gasteiger partial charge is 0.493 e. The quantitative estimate of drug-likeness (QED) is 0.203. The maximum atomic E-state index is 5.99. The summed E-state index contributed by atoms with van der Waals surface area (Å²) in [5, 5.41) is 5.05. The van der Waals surface area contributed by atoms with Crippen LogP contribution in [-0.2, 0) is 6.61 Å². The number of hydrazone groups is 1. The van der Waals surface area contributed by atoms with Crippen LogP contribution in [0.25, 0.3) is 10.2 Å². The molecule has 0 aliphatic heterocycles. The normalized spacial score (nSPS) is 11.2. The highest BCUT2D eigenvalue weighted by Crippen LogP contribution is 2.37. The molecular formula is C22H17Br2N3O2S. The molecule has 0 saturated carbocycles. The zero-order chi connectivity index (χ0) is 20.9. The van der Waals surface area contributed by atoms with Gasteiger partial charge >= 0.3 is 0 Å². The van der Waals surface area contributed by atoms with E-state index in [2.05, 4.69) is 47.4 Å². The summed E-state index contributed by atoms with van der Waals surface area (Å²) in [5.74, 6) is 1.28. The number of methoxy groups -OCH3 is 1. The molecule has 0 aliphatic rings. The molecule has 0 fully saturated rings. The Hall–Kier alpha value is -2.42. The lowest BCUT2D eigenvalue weighted by atomic mass is 10.2. The van der Waals surface area contributed by atoms with E-state index >= 15 is 0 Å². The van der Waals surface area contributed by atoms with E-state index in [1.807, 2.05) is 60.7 Å². The van der Waals surface area contributed by atoms with Gasteiger partial charge in [-0.05, 0) is 63.5 Å². The minimum Gasteiger partial charge on any atom is -0.493 e. The van der Waals surface area contributed by atoms with Gasteiger partial charge in [-0.2, -0.15) is 5.10 Å². The van der Waals surface area contributed by atoms with Crippen LogP contribution in [0.5, 0.6) is 11.5 Å². The Bertz CT molecular complexity index is 1160. The summed E-state index contributed by atoms with van der Waals surface area (Å²) < 4.78 is 14.5. The number of para-hydroxylation sites is 1. The fraction of sp³-hybridized carbons (Fsp3) is 0.0909. The van der Waals surface area contributed by atoms with Gasteiger partial charge in [0.15, 0.2) is 11.5 Å². The first kappa shape index (κ1) is 20.8. The molecule has 152 valence electrons. The number of hydrogen-bond acceptors (Lipinski definition) is 6. The lowest BCUT2D eigenvalue weighted by molar-refractivity contribution is 0.282. The molecule has 1 aromatic heterocycles. The number of benzene rings is 3. The summed E-state index contributed by atoms with van der Waals surface area (Å²) >= 11 is 8.58. The third-order valence-corrected chi connectivity index (χ3v) is 6.27. The fourth-order valence-corrected chi connectivity index (χ4v) is 4.43. The molecule has 30 heavy (non-hydrogen) atoms. The molecular weight excluding hydrogens is 530 g/mol. The van der Waals surface area contributed by atoms with Gasteiger partial charge in [-0.1, -0.05) is 51.5 Å². The first-order valence-corrected chi connectivity index (χ1v) is 11.4. The second kappa shape index (κ2) is 9.59. The molecule has 0 unspecified atom stereocenters. The first-order valence-electron chi connectivity index (χ1n) is 9.02. The first-order chi connectivity index (χ1) is 14.6. The maximum Gasteiger partial charge on any atom is 0.204 e. The van der Waals surface area contributed by atoms with Crippen molar-refractivity contribution in [3.05, 3.63) is 80.7 Å². The Balaban J connectivity index is 1.46. The van der Waals surface area contributed by atoms with Crippen molar-refractivity contribution in [2.45, 2.75) is 6.61 Å². The van der Waals surface area contributed by atoms with Crippen LogP contribution >= 0.6 is 43.2 Å². The van der Waals surface area contributed by atoms with Crippen molar-refractivity contribution in [2.75, 3.05) is 12.5 Å². The van der Waals surface area contributed by atoms with Gasteiger partial charge in [0.2, 0.25) is 5.13 Å². The lowest BCUT2D eigenvalue weighted by Gasteiger charge is -2.13. The number of hydrogen-bond donors (Lipinski definition) is 1. The molecule has 8 heteroatoms. The van der Waals surface area contributed by atoms with Gasteiger partial charge in [0, 0.05) is 4.47 Å². The van der Waals surface area contributed by atoms with Crippen molar-refractivity contribution in [2.24, 2.45) is 5.10 Å². The van der Waals surface area contributed by atoms with E-state index < -0.39 is 0 Å². The number of halogens is 2. The topological polar surface area (TPSA) is 55.7 Å². The van der Waals surface area contributed by atoms with E-state index in [4.69, 9.17) is 9.47 Å². The number of fused-ring (bicyclic) bond motifs is 1. The van der Waals surface area contributed by atoms with E-state index in [1.165, 1.54) is 0 Å². The highest BCUT2D eigenvalue weighted by atomic mass is 79.9. The Morgan fingerprint density at radius 1 is 1.10 bits per heavy atom. The molecule has 0 bridgehead atoms. The molecule has 3 aromatic carbocycles. The molecule has 4 rings (SSSR count). The van der Waals surface area contributed by atoms with Gasteiger partial charge in [-0.15, -0.1) is 0 Å². The van der Waals surface area contributed by atoms with Gasteiger partial charge in [0.1, 0.15) is 6.61 Å². The summed E-state index contributed by atoms with van der Waals surface area (Å²) in [5.41, 5.74) is 5.88. The molecule has 0 atom stereocenters. The molecule has 1 heterocycles. The Labute approximate surface area is 195 Å². The molecule has 0 spiro atoms. The summed E-state index contributed by atoms with van der Waals surface area (Å²) in [6.07, 6.45) is 1.72. The summed E-state index contributed by atoms with van der Waals surface area (Å²) in [7, 11) is 1.62. The number of anilines is 1. The van der Waals surface area contributed by atoms with Crippen molar-refractivity contribution in [3.8, 4) is 11.5 Å². The second-order valence-electron chi connectivity index (χ2n) is 6.31. The fourth-order valence-electron chi connectivity index (χ4n) is 2.77. The van der Waals surface area contributed by atoms with Crippen LogP contribution in [-0.4, -0.2) is 18.3 Å². The van der Waals surface area contributed by atoms with Gasteiger partial charge in [-0.25, -0.2) is 4.98 Å². The predicted octanol–water partition coefficient (Wildman–Crippen LogP) is 6.85. The van der Waals surface area contributed by atoms with Crippen LogP contribution in [0.3, 0.4) is 0 Å². The van der Waals surface area contributed by atoms with Gasteiger partial charge < -0.3 is 9.47 Å². The third-order valence-electron chi connectivity index (χ3n) is 4.22. The SMILES string of the molecule is COc1cc(/C=N/Nc2nc3ccccc3s2)cc(Br)c1OCc1ccc(Br)cc1. The van der Waals surface area contributed by atoms with Crippen LogP contribution in [0.15, 0.2) is 74.7 Å². The number of nitrogens with zero attached hydrogens (tertiary/aromatic N) is 2. The van der Waals surface area contributed by atoms with Crippen molar-refractivity contribution >= 4 is 64.8 Å². The average molecular weight is 547 g/mol. The zero-order valence-corrected chi connectivity index (χ0v) is 19.9. The monoisotopic (exact) mass is 545 g/mol. The molecule has 0 amide bonds.